The lowest BCUT2D eigenvalue weighted by Crippen LogP contribution is -2.34. The molecule has 0 saturated carbocycles. The lowest BCUT2D eigenvalue weighted by atomic mass is 10.1. The maximum Gasteiger partial charge on any atom is 0.241 e. The van der Waals surface area contributed by atoms with Crippen molar-refractivity contribution in [2.45, 2.75) is 18.9 Å². The van der Waals surface area contributed by atoms with Gasteiger partial charge in [0.25, 0.3) is 0 Å². The third kappa shape index (κ3) is 3.09. The van der Waals surface area contributed by atoms with Gasteiger partial charge >= 0.3 is 0 Å². The van der Waals surface area contributed by atoms with E-state index in [0.717, 1.165) is 36.8 Å². The first-order chi connectivity index (χ1) is 11.3. The van der Waals surface area contributed by atoms with Gasteiger partial charge in [0, 0.05) is 0 Å². The number of hydrogen-bond donors (Lipinski definition) is 1. The minimum absolute atomic E-state index is 0. The normalized spacial score (nSPS) is 15.2. The molecule has 2 heterocycles. The van der Waals surface area contributed by atoms with Crippen LogP contribution >= 0.6 is 12.4 Å². The van der Waals surface area contributed by atoms with Crippen LogP contribution in [0.1, 0.15) is 12.8 Å². The van der Waals surface area contributed by atoms with E-state index >= 15 is 0 Å². The molecule has 24 heavy (non-hydrogen) atoms. The summed E-state index contributed by atoms with van der Waals surface area (Å²) in [5.74, 6) is 0.282. The molecule has 0 atom stereocenters. The maximum atomic E-state index is 14.2. The summed E-state index contributed by atoms with van der Waals surface area (Å²) in [6, 6.07) is 14.4. The van der Waals surface area contributed by atoms with E-state index in [-0.39, 0.29) is 24.3 Å². The number of fused-ring (bicyclic) bond motifs is 1. The molecule has 4 nitrogen and oxygen atoms in total. The summed E-state index contributed by atoms with van der Waals surface area (Å²) in [7, 11) is 0. The Labute approximate surface area is 146 Å². The molecule has 0 spiro atoms. The fourth-order valence-electron chi connectivity index (χ4n) is 3.00. The predicted molar refractivity (Wildman–Crippen MR) is 94.8 cm³/mol. The molecule has 4 rings (SSSR count). The van der Waals surface area contributed by atoms with Crippen LogP contribution in [0.25, 0.3) is 16.6 Å². The summed E-state index contributed by atoms with van der Waals surface area (Å²) in [6.45, 7) is 1.91. The van der Waals surface area contributed by atoms with E-state index in [0.29, 0.717) is 11.6 Å². The molecule has 2 aromatic carbocycles. The fourth-order valence-corrected chi connectivity index (χ4v) is 3.00. The van der Waals surface area contributed by atoms with Crippen molar-refractivity contribution in [1.29, 1.82) is 0 Å². The summed E-state index contributed by atoms with van der Waals surface area (Å²) >= 11 is 0. The van der Waals surface area contributed by atoms with Gasteiger partial charge in [-0.2, -0.15) is 0 Å². The predicted octanol–water partition coefficient (Wildman–Crippen LogP) is 3.72. The van der Waals surface area contributed by atoms with Gasteiger partial charge in [-0.05, 0) is 50.2 Å². The van der Waals surface area contributed by atoms with Crippen LogP contribution in [0.3, 0.4) is 0 Å². The second-order valence-corrected chi connectivity index (χ2v) is 5.75. The second-order valence-electron chi connectivity index (χ2n) is 5.75. The van der Waals surface area contributed by atoms with Crippen molar-refractivity contribution < 1.29 is 9.13 Å². The van der Waals surface area contributed by atoms with E-state index in [9.17, 15) is 4.39 Å². The van der Waals surface area contributed by atoms with Crippen molar-refractivity contribution in [2.75, 3.05) is 13.1 Å². The molecule has 0 radical (unpaired) electrons. The fraction of sp³-hybridized carbons (Fsp3) is 0.278. The first-order valence-electron chi connectivity index (χ1n) is 7.93. The number of ether oxygens (including phenoxy) is 1. The highest BCUT2D eigenvalue weighted by molar-refractivity contribution is 5.86. The molecule has 1 aliphatic heterocycles. The molecule has 0 amide bonds. The van der Waals surface area contributed by atoms with Crippen molar-refractivity contribution in [1.82, 2.24) is 15.1 Å². The monoisotopic (exact) mass is 347 g/mol. The van der Waals surface area contributed by atoms with Gasteiger partial charge in [0.15, 0.2) is 0 Å². The standard InChI is InChI=1S/C18H18FN3O.ClH/c19-15-6-2-4-8-17(15)22-16-7-3-1-5-14(16)18(21-22)23-13-9-11-20-12-10-13;/h1-8,13,20H,9-12H2;1H. The van der Waals surface area contributed by atoms with Gasteiger partial charge in [-0.1, -0.05) is 24.3 Å². The van der Waals surface area contributed by atoms with Crippen LogP contribution in [0.15, 0.2) is 48.5 Å². The molecule has 6 heteroatoms. The summed E-state index contributed by atoms with van der Waals surface area (Å²) in [6.07, 6.45) is 2.07. The Balaban J connectivity index is 0.00000169. The zero-order valence-electron chi connectivity index (χ0n) is 13.1. The highest BCUT2D eigenvalue weighted by Gasteiger charge is 2.20. The van der Waals surface area contributed by atoms with Gasteiger partial charge in [-0.15, -0.1) is 17.5 Å². The number of para-hydroxylation sites is 2. The number of nitrogens with zero attached hydrogens (tertiary/aromatic N) is 2. The van der Waals surface area contributed by atoms with Crippen LogP contribution in [-0.2, 0) is 0 Å². The molecule has 1 aliphatic rings. The summed E-state index contributed by atoms with van der Waals surface area (Å²) < 4.78 is 21.9. The van der Waals surface area contributed by atoms with Gasteiger partial charge in [0.1, 0.15) is 17.6 Å². The zero-order chi connectivity index (χ0) is 15.6. The second kappa shape index (κ2) is 7.20. The molecule has 126 valence electrons. The van der Waals surface area contributed by atoms with Gasteiger partial charge in [0.05, 0.1) is 10.9 Å². The van der Waals surface area contributed by atoms with Crippen molar-refractivity contribution in [2.24, 2.45) is 0 Å². The maximum absolute atomic E-state index is 14.2. The number of halogens is 2. The first-order valence-corrected chi connectivity index (χ1v) is 7.93. The molecular weight excluding hydrogens is 329 g/mol. The lowest BCUT2D eigenvalue weighted by Gasteiger charge is -2.22. The average molecular weight is 348 g/mol. The molecule has 0 unspecified atom stereocenters. The van der Waals surface area contributed by atoms with E-state index in [1.54, 1.807) is 16.8 Å². The number of hydrogen-bond acceptors (Lipinski definition) is 3. The molecule has 3 aromatic rings. The largest absolute Gasteiger partial charge is 0.473 e. The van der Waals surface area contributed by atoms with Crippen LogP contribution < -0.4 is 10.1 Å². The molecule has 1 fully saturated rings. The van der Waals surface area contributed by atoms with Crippen LogP contribution in [0.2, 0.25) is 0 Å². The Hall–Kier alpha value is -2.11. The number of aromatic nitrogens is 2. The highest BCUT2D eigenvalue weighted by atomic mass is 35.5. The SMILES string of the molecule is Cl.Fc1ccccc1-n1nc(OC2CCNCC2)c2ccccc21. The van der Waals surface area contributed by atoms with Gasteiger partial charge in [-0.3, -0.25) is 0 Å². The Morgan fingerprint density at radius 2 is 1.75 bits per heavy atom. The molecule has 1 aromatic heterocycles. The Morgan fingerprint density at radius 1 is 1.04 bits per heavy atom. The van der Waals surface area contributed by atoms with E-state index in [1.165, 1.54) is 6.07 Å². The third-order valence-corrected chi connectivity index (χ3v) is 4.20. The number of nitrogens with one attached hydrogen (secondary N) is 1. The highest BCUT2D eigenvalue weighted by Crippen LogP contribution is 2.29. The van der Waals surface area contributed by atoms with E-state index < -0.39 is 0 Å². The van der Waals surface area contributed by atoms with Gasteiger partial charge in [-0.25, -0.2) is 9.07 Å². The molecule has 0 aliphatic carbocycles. The quantitative estimate of drug-likeness (QED) is 0.785. The summed E-state index contributed by atoms with van der Waals surface area (Å²) in [5.41, 5.74) is 1.28. The number of piperidine rings is 1. The number of rotatable bonds is 3. The average Bonchev–Trinajstić information content (AvgIpc) is 2.95. The first kappa shape index (κ1) is 16.7. The van der Waals surface area contributed by atoms with Crippen molar-refractivity contribution in [3.05, 3.63) is 54.3 Å². The van der Waals surface area contributed by atoms with Gasteiger partial charge < -0.3 is 10.1 Å². The molecule has 1 saturated heterocycles. The van der Waals surface area contributed by atoms with Crippen molar-refractivity contribution in [3.8, 4) is 11.6 Å². The minimum atomic E-state index is -0.297. The van der Waals surface area contributed by atoms with Crippen LogP contribution in [-0.4, -0.2) is 29.0 Å². The third-order valence-electron chi connectivity index (χ3n) is 4.20. The lowest BCUT2D eigenvalue weighted by molar-refractivity contribution is 0.157. The topological polar surface area (TPSA) is 39.1 Å². The van der Waals surface area contributed by atoms with Crippen molar-refractivity contribution in [3.63, 3.8) is 0 Å². The van der Waals surface area contributed by atoms with Gasteiger partial charge in [0.2, 0.25) is 5.88 Å². The summed E-state index contributed by atoms with van der Waals surface area (Å²) in [4.78, 5) is 0. The molecule has 0 bridgehead atoms. The molecule has 1 N–H and O–H groups in total. The summed E-state index contributed by atoms with van der Waals surface area (Å²) in [5, 5.41) is 8.78. The van der Waals surface area contributed by atoms with E-state index in [1.807, 2.05) is 30.3 Å². The Bertz CT molecular complexity index is 830. The van der Waals surface area contributed by atoms with Crippen molar-refractivity contribution >= 4 is 23.3 Å². The zero-order valence-corrected chi connectivity index (χ0v) is 13.9. The smallest absolute Gasteiger partial charge is 0.241 e. The molecular formula is C18H19ClFN3O. The minimum Gasteiger partial charge on any atom is -0.473 e. The van der Waals surface area contributed by atoms with E-state index in [2.05, 4.69) is 10.4 Å². The Morgan fingerprint density at radius 3 is 2.54 bits per heavy atom. The number of benzene rings is 2. The van der Waals surface area contributed by atoms with E-state index in [4.69, 9.17) is 4.74 Å². The van der Waals surface area contributed by atoms with Crippen LogP contribution in [0, 0.1) is 5.82 Å². The van der Waals surface area contributed by atoms with Crippen LogP contribution in [0.5, 0.6) is 5.88 Å². The van der Waals surface area contributed by atoms with Crippen LogP contribution in [0.4, 0.5) is 4.39 Å². The Kier molecular flexibility index (Phi) is 5.02.